The maximum absolute atomic E-state index is 13.4. The van der Waals surface area contributed by atoms with Crippen molar-refractivity contribution < 1.29 is 9.59 Å². The first-order valence-corrected chi connectivity index (χ1v) is 10.1. The van der Waals surface area contributed by atoms with E-state index in [0.717, 1.165) is 18.4 Å². The van der Waals surface area contributed by atoms with E-state index in [1.54, 1.807) is 15.5 Å². The summed E-state index contributed by atoms with van der Waals surface area (Å²) in [5.41, 5.74) is 1.99. The Morgan fingerprint density at radius 1 is 1.10 bits per heavy atom. The van der Waals surface area contributed by atoms with Crippen molar-refractivity contribution in [1.82, 2.24) is 19.6 Å². The zero-order valence-corrected chi connectivity index (χ0v) is 17.3. The Balaban J connectivity index is 1.95. The number of rotatable bonds is 8. The lowest BCUT2D eigenvalue weighted by molar-refractivity contribution is 0.0687. The van der Waals surface area contributed by atoms with Crippen LogP contribution in [0.4, 0.5) is 0 Å². The second kappa shape index (κ2) is 9.37. The molecule has 0 aliphatic rings. The second-order valence-electron chi connectivity index (χ2n) is 7.36. The lowest BCUT2D eigenvalue weighted by Gasteiger charge is -2.26. The highest BCUT2D eigenvalue weighted by molar-refractivity contribution is 6.02. The molecule has 0 radical (unpaired) electrons. The average molecular weight is 393 g/mol. The number of benzene rings is 1. The van der Waals surface area contributed by atoms with Crippen LogP contribution in [-0.4, -0.2) is 38.7 Å². The van der Waals surface area contributed by atoms with Gasteiger partial charge in [0.25, 0.3) is 11.8 Å². The first-order chi connectivity index (χ1) is 14.0. The number of hydrogen-bond acceptors (Lipinski definition) is 3. The van der Waals surface area contributed by atoms with Gasteiger partial charge in [-0.1, -0.05) is 49.7 Å². The number of unbranched alkanes of at least 4 members (excludes halogenated alkanes) is 1. The standard InChI is InChI=1S/C23H28N4O2/c1-4-5-14-24-22(28)21-25-20(19-13-9-10-15-26(19)21)23(29)27(17(2)3)16-18-11-7-6-8-12-18/h6-13,15,17H,4-5,14,16H2,1-3H3,(H,24,28). The van der Waals surface area contributed by atoms with E-state index in [1.165, 1.54) is 0 Å². The van der Waals surface area contributed by atoms with Gasteiger partial charge >= 0.3 is 0 Å². The molecule has 0 bridgehead atoms. The predicted molar refractivity (Wildman–Crippen MR) is 114 cm³/mol. The molecule has 3 aromatic rings. The topological polar surface area (TPSA) is 66.7 Å². The van der Waals surface area contributed by atoms with E-state index in [1.807, 2.05) is 62.4 Å². The Kier molecular flexibility index (Phi) is 6.65. The van der Waals surface area contributed by atoms with E-state index in [0.29, 0.717) is 24.3 Å². The predicted octanol–water partition coefficient (Wildman–Crippen LogP) is 3.92. The smallest absolute Gasteiger partial charge is 0.287 e. The van der Waals surface area contributed by atoms with Crippen LogP contribution in [0.1, 0.15) is 60.3 Å². The highest BCUT2D eigenvalue weighted by Crippen LogP contribution is 2.19. The number of carbonyl (C=O) groups is 2. The summed E-state index contributed by atoms with van der Waals surface area (Å²) in [6, 6.07) is 15.4. The van der Waals surface area contributed by atoms with Crippen LogP contribution in [0, 0.1) is 0 Å². The van der Waals surface area contributed by atoms with Gasteiger partial charge in [-0.05, 0) is 38.0 Å². The maximum Gasteiger partial charge on any atom is 0.287 e. The molecule has 0 atom stereocenters. The lowest BCUT2D eigenvalue weighted by atomic mass is 10.1. The first kappa shape index (κ1) is 20.6. The minimum absolute atomic E-state index is 0.00926. The van der Waals surface area contributed by atoms with E-state index in [-0.39, 0.29) is 23.7 Å². The summed E-state index contributed by atoms with van der Waals surface area (Å²) in [5, 5.41) is 2.89. The Labute approximate surface area is 171 Å². The third kappa shape index (κ3) is 4.65. The molecule has 2 aromatic heterocycles. The van der Waals surface area contributed by atoms with Crippen LogP contribution in [0.3, 0.4) is 0 Å². The number of nitrogens with zero attached hydrogens (tertiary/aromatic N) is 3. The molecule has 2 amide bonds. The molecule has 0 spiro atoms. The van der Waals surface area contributed by atoms with Crippen molar-refractivity contribution >= 4 is 17.3 Å². The van der Waals surface area contributed by atoms with E-state index in [2.05, 4.69) is 17.2 Å². The Bertz CT molecular complexity index is 979. The maximum atomic E-state index is 13.4. The molecule has 0 saturated carbocycles. The molecule has 0 aliphatic carbocycles. The number of carbonyl (C=O) groups excluding carboxylic acids is 2. The van der Waals surface area contributed by atoms with Crippen LogP contribution in [-0.2, 0) is 6.54 Å². The van der Waals surface area contributed by atoms with E-state index in [9.17, 15) is 9.59 Å². The molecule has 1 N–H and O–H groups in total. The molecule has 0 saturated heterocycles. The summed E-state index contributed by atoms with van der Waals surface area (Å²) in [4.78, 5) is 32.3. The molecule has 0 aliphatic heterocycles. The summed E-state index contributed by atoms with van der Waals surface area (Å²) in [7, 11) is 0. The number of hydrogen-bond donors (Lipinski definition) is 1. The third-order valence-corrected chi connectivity index (χ3v) is 4.85. The van der Waals surface area contributed by atoms with Crippen molar-refractivity contribution in [2.75, 3.05) is 6.54 Å². The average Bonchev–Trinajstić information content (AvgIpc) is 3.12. The minimum atomic E-state index is -0.266. The fourth-order valence-corrected chi connectivity index (χ4v) is 3.22. The Morgan fingerprint density at radius 3 is 2.52 bits per heavy atom. The van der Waals surface area contributed by atoms with Gasteiger partial charge < -0.3 is 10.2 Å². The van der Waals surface area contributed by atoms with Crippen LogP contribution in [0.2, 0.25) is 0 Å². The summed E-state index contributed by atoms with van der Waals surface area (Å²) in [5.74, 6) is -0.207. The fourth-order valence-electron chi connectivity index (χ4n) is 3.22. The van der Waals surface area contributed by atoms with Gasteiger partial charge in [-0.2, -0.15) is 0 Å². The molecule has 0 fully saturated rings. The lowest BCUT2D eigenvalue weighted by Crippen LogP contribution is -2.36. The second-order valence-corrected chi connectivity index (χ2v) is 7.36. The van der Waals surface area contributed by atoms with Gasteiger partial charge in [-0.15, -0.1) is 0 Å². The SMILES string of the molecule is CCCCNC(=O)c1nc(C(=O)N(Cc2ccccc2)C(C)C)c2ccccn12. The summed E-state index contributed by atoms with van der Waals surface area (Å²) < 4.78 is 1.69. The molecule has 1 aromatic carbocycles. The van der Waals surface area contributed by atoms with Gasteiger partial charge in [-0.3, -0.25) is 14.0 Å². The van der Waals surface area contributed by atoms with Crippen LogP contribution in [0.5, 0.6) is 0 Å². The number of amides is 2. The highest BCUT2D eigenvalue weighted by atomic mass is 16.2. The highest BCUT2D eigenvalue weighted by Gasteiger charge is 2.26. The van der Waals surface area contributed by atoms with Gasteiger partial charge in [0.1, 0.15) is 0 Å². The summed E-state index contributed by atoms with van der Waals surface area (Å²) in [6.07, 6.45) is 3.67. The van der Waals surface area contributed by atoms with Crippen LogP contribution in [0.25, 0.3) is 5.52 Å². The number of imidazole rings is 1. The number of fused-ring (bicyclic) bond motifs is 1. The van der Waals surface area contributed by atoms with Crippen molar-refractivity contribution in [1.29, 1.82) is 0 Å². The molecule has 3 rings (SSSR count). The molecule has 0 unspecified atom stereocenters. The van der Waals surface area contributed by atoms with E-state index >= 15 is 0 Å². The van der Waals surface area contributed by atoms with Gasteiger partial charge in [0.15, 0.2) is 5.69 Å². The van der Waals surface area contributed by atoms with Crippen molar-refractivity contribution in [3.05, 3.63) is 71.8 Å². The molecule has 2 heterocycles. The minimum Gasteiger partial charge on any atom is -0.349 e. The Hall–Kier alpha value is -3.15. The van der Waals surface area contributed by atoms with Crippen molar-refractivity contribution in [2.45, 2.75) is 46.2 Å². The summed E-state index contributed by atoms with van der Waals surface area (Å²) >= 11 is 0. The van der Waals surface area contributed by atoms with Crippen LogP contribution >= 0.6 is 0 Å². The van der Waals surface area contributed by atoms with Crippen LogP contribution < -0.4 is 5.32 Å². The third-order valence-electron chi connectivity index (χ3n) is 4.85. The molecular formula is C23H28N4O2. The number of pyridine rings is 1. The molecule has 29 heavy (non-hydrogen) atoms. The molecule has 6 heteroatoms. The zero-order chi connectivity index (χ0) is 20.8. The van der Waals surface area contributed by atoms with E-state index < -0.39 is 0 Å². The van der Waals surface area contributed by atoms with Gasteiger partial charge in [0, 0.05) is 25.3 Å². The number of aromatic nitrogens is 2. The van der Waals surface area contributed by atoms with Gasteiger partial charge in [-0.25, -0.2) is 4.98 Å². The molecule has 152 valence electrons. The normalized spacial score (nSPS) is 11.0. The monoisotopic (exact) mass is 392 g/mol. The van der Waals surface area contributed by atoms with Crippen molar-refractivity contribution in [3.8, 4) is 0 Å². The van der Waals surface area contributed by atoms with E-state index in [4.69, 9.17) is 0 Å². The number of nitrogens with one attached hydrogen (secondary N) is 1. The quantitative estimate of drug-likeness (QED) is 0.591. The van der Waals surface area contributed by atoms with Gasteiger partial charge in [0.2, 0.25) is 5.82 Å². The van der Waals surface area contributed by atoms with Crippen molar-refractivity contribution in [3.63, 3.8) is 0 Å². The molecule has 6 nitrogen and oxygen atoms in total. The fraction of sp³-hybridized carbons (Fsp3) is 0.348. The first-order valence-electron chi connectivity index (χ1n) is 10.1. The van der Waals surface area contributed by atoms with Crippen LogP contribution in [0.15, 0.2) is 54.7 Å². The largest absolute Gasteiger partial charge is 0.349 e. The Morgan fingerprint density at radius 2 is 1.83 bits per heavy atom. The van der Waals surface area contributed by atoms with Gasteiger partial charge in [0.05, 0.1) is 5.52 Å². The zero-order valence-electron chi connectivity index (χ0n) is 17.3. The summed E-state index contributed by atoms with van der Waals surface area (Å²) in [6.45, 7) is 7.11. The van der Waals surface area contributed by atoms with Crippen molar-refractivity contribution in [2.24, 2.45) is 0 Å². The molecular weight excluding hydrogens is 364 g/mol.